The maximum absolute atomic E-state index is 12.1. The molecule has 2 heterocycles. The van der Waals surface area contributed by atoms with Crippen molar-refractivity contribution in [3.8, 4) is 0 Å². The minimum atomic E-state index is 0.0649. The number of Topliss-reactive ketones (excluding diaryl/α,β-unsaturated/α-hetero) is 1. The van der Waals surface area contributed by atoms with E-state index in [0.717, 1.165) is 30.6 Å². The molecule has 0 radical (unpaired) electrons. The molecule has 5 nitrogen and oxygen atoms in total. The molecule has 1 aromatic heterocycles. The summed E-state index contributed by atoms with van der Waals surface area (Å²) in [5, 5.41) is 13.1. The second kappa shape index (κ2) is 6.17. The summed E-state index contributed by atoms with van der Waals surface area (Å²) in [7, 11) is 1.45. The van der Waals surface area contributed by atoms with Crippen LogP contribution in [0.5, 0.6) is 0 Å². The van der Waals surface area contributed by atoms with Crippen molar-refractivity contribution in [2.75, 3.05) is 19.7 Å². The van der Waals surface area contributed by atoms with Crippen LogP contribution in [0, 0.1) is 0 Å². The molecule has 1 aliphatic rings. The zero-order valence-electron chi connectivity index (χ0n) is 9.30. The first kappa shape index (κ1) is 13.3. The highest BCUT2D eigenvalue weighted by Gasteiger charge is 2.22. The van der Waals surface area contributed by atoms with Crippen LogP contribution in [0.25, 0.3) is 0 Å². The average Bonchev–Trinajstić information content (AvgIpc) is 2.89. The predicted molar refractivity (Wildman–Crippen MR) is 75.1 cm³/mol. The smallest absolute Gasteiger partial charge is 0.181 e. The van der Waals surface area contributed by atoms with Crippen LogP contribution < -0.4 is 0 Å². The minimum absolute atomic E-state index is 0.0649. The first-order valence-corrected chi connectivity index (χ1v) is 8.80. The Balaban J connectivity index is 2.04. The summed E-state index contributed by atoms with van der Waals surface area (Å²) in [5.41, 5.74) is 1.81. The van der Waals surface area contributed by atoms with Crippen LogP contribution in [0.4, 0.5) is 0 Å². The number of carbonyl (C=O) groups is 1. The zero-order valence-corrected chi connectivity index (χ0v) is 12.3. The van der Waals surface area contributed by atoms with Gasteiger partial charge in [0.25, 0.3) is 0 Å². The predicted octanol–water partition coefficient (Wildman–Crippen LogP) is 1.30. The van der Waals surface area contributed by atoms with Gasteiger partial charge in [0.15, 0.2) is 5.78 Å². The van der Waals surface area contributed by atoms with Crippen molar-refractivity contribution >= 4 is 36.1 Å². The monoisotopic (exact) mass is 367 g/mol. The van der Waals surface area contributed by atoms with Gasteiger partial charge in [-0.15, -0.1) is 0 Å². The molecule has 0 saturated heterocycles. The van der Waals surface area contributed by atoms with Gasteiger partial charge in [0.1, 0.15) is 0 Å². The highest BCUT2D eigenvalue weighted by Crippen LogP contribution is 2.22. The van der Waals surface area contributed by atoms with E-state index >= 15 is 0 Å². The van der Waals surface area contributed by atoms with Crippen LogP contribution in [0.15, 0.2) is 6.20 Å². The molecule has 0 spiro atoms. The molecule has 94 valence electrons. The molecule has 0 atom stereocenters. The first-order chi connectivity index (χ1) is 8.26. The Morgan fingerprint density at radius 3 is 3.24 bits per heavy atom. The van der Waals surface area contributed by atoms with E-state index in [4.69, 9.17) is 5.11 Å². The van der Waals surface area contributed by atoms with E-state index in [1.807, 2.05) is 8.99 Å². The van der Waals surface area contributed by atoms with Crippen LogP contribution in [-0.4, -0.2) is 44.7 Å². The molecule has 1 aromatic rings. The number of fused-ring (bicyclic) bond motifs is 1. The third-order valence-corrected chi connectivity index (χ3v) is 4.98. The Kier molecular flexibility index (Phi) is 4.83. The van der Waals surface area contributed by atoms with Gasteiger partial charge in [-0.25, -0.2) is 4.31 Å². The van der Waals surface area contributed by atoms with Crippen LogP contribution in [-0.2, 0) is 13.0 Å². The van der Waals surface area contributed by atoms with Crippen molar-refractivity contribution in [2.45, 2.75) is 19.4 Å². The lowest BCUT2D eigenvalue weighted by molar-refractivity contribution is 0.0965. The number of rotatable bonds is 6. The molecule has 0 fully saturated rings. The fraction of sp³-hybridized carbons (Fsp3) is 0.600. The number of hydrogen-bond donors (Lipinski definition) is 1. The number of aliphatic hydroxyl groups is 1. The van der Waals surface area contributed by atoms with Crippen LogP contribution >= 0.6 is 30.3 Å². The van der Waals surface area contributed by atoms with Gasteiger partial charge in [-0.05, 0) is 22.0 Å². The van der Waals surface area contributed by atoms with E-state index in [2.05, 4.69) is 26.3 Å². The molecule has 17 heavy (non-hydrogen) atoms. The van der Waals surface area contributed by atoms with E-state index in [1.165, 1.54) is 9.12 Å². The summed E-state index contributed by atoms with van der Waals surface area (Å²) in [6, 6.07) is 0. The number of aromatic nitrogens is 2. The summed E-state index contributed by atoms with van der Waals surface area (Å²) in [4.78, 5) is 12.1. The fourth-order valence-corrected chi connectivity index (χ4v) is 3.32. The molecular weight excluding hydrogens is 353 g/mol. The first-order valence-electron chi connectivity index (χ1n) is 5.48. The largest absolute Gasteiger partial charge is 0.395 e. The van der Waals surface area contributed by atoms with Gasteiger partial charge in [0, 0.05) is 40.0 Å². The molecule has 0 amide bonds. The standard InChI is InChI=1S/C10H14IN3O2S/c11-17-13(4-5-15)7-10(16)8-6-12-14-3-1-2-9(8)14/h6,15H,1-5,7H2. The van der Waals surface area contributed by atoms with Gasteiger partial charge in [-0.3, -0.25) is 9.48 Å². The van der Waals surface area contributed by atoms with Crippen molar-refractivity contribution in [3.63, 3.8) is 0 Å². The molecule has 2 rings (SSSR count). The third-order valence-electron chi connectivity index (χ3n) is 2.80. The van der Waals surface area contributed by atoms with Crippen molar-refractivity contribution in [1.82, 2.24) is 14.1 Å². The third kappa shape index (κ3) is 3.01. The lowest BCUT2D eigenvalue weighted by atomic mass is 10.1. The van der Waals surface area contributed by atoms with Gasteiger partial charge in [0.2, 0.25) is 0 Å². The highest BCUT2D eigenvalue weighted by molar-refractivity contribution is 14.2. The molecule has 1 aliphatic heterocycles. The van der Waals surface area contributed by atoms with Crippen LogP contribution in [0.3, 0.4) is 0 Å². The molecule has 0 aromatic carbocycles. The molecule has 1 N–H and O–H groups in total. The second-order valence-corrected chi connectivity index (χ2v) is 5.75. The lowest BCUT2D eigenvalue weighted by Crippen LogP contribution is -2.25. The Hall–Kier alpha value is -0.120. The quantitative estimate of drug-likeness (QED) is 0.467. The van der Waals surface area contributed by atoms with E-state index in [9.17, 15) is 4.79 Å². The van der Waals surface area contributed by atoms with Gasteiger partial charge in [0.05, 0.1) is 24.9 Å². The maximum Gasteiger partial charge on any atom is 0.181 e. The van der Waals surface area contributed by atoms with E-state index in [-0.39, 0.29) is 12.4 Å². The number of halogens is 1. The lowest BCUT2D eigenvalue weighted by Gasteiger charge is -2.15. The van der Waals surface area contributed by atoms with Gasteiger partial charge in [-0.1, -0.05) is 0 Å². The Bertz CT molecular complexity index is 410. The van der Waals surface area contributed by atoms with Crippen molar-refractivity contribution < 1.29 is 9.90 Å². The number of ketones is 1. The van der Waals surface area contributed by atoms with Gasteiger partial charge < -0.3 is 5.11 Å². The summed E-state index contributed by atoms with van der Waals surface area (Å²) in [6.45, 7) is 1.81. The molecule has 0 unspecified atom stereocenters. The second-order valence-electron chi connectivity index (χ2n) is 3.91. The van der Waals surface area contributed by atoms with E-state index in [1.54, 1.807) is 6.20 Å². The number of carbonyl (C=O) groups excluding carboxylic acids is 1. The molecule has 7 heteroatoms. The molecule has 0 bridgehead atoms. The average molecular weight is 367 g/mol. The van der Waals surface area contributed by atoms with Crippen molar-refractivity contribution in [3.05, 3.63) is 17.5 Å². The van der Waals surface area contributed by atoms with Gasteiger partial charge >= 0.3 is 0 Å². The number of aliphatic hydroxyl groups excluding tert-OH is 1. The normalized spacial score (nSPS) is 14.3. The van der Waals surface area contributed by atoms with Crippen LogP contribution in [0.1, 0.15) is 22.5 Å². The minimum Gasteiger partial charge on any atom is -0.395 e. The Morgan fingerprint density at radius 2 is 2.53 bits per heavy atom. The SMILES string of the molecule is O=C(CN(CCO)SI)c1cnn2c1CCC2. The number of aryl methyl sites for hydroxylation is 1. The summed E-state index contributed by atoms with van der Waals surface area (Å²) < 4.78 is 3.77. The van der Waals surface area contributed by atoms with Crippen LogP contribution in [0.2, 0.25) is 0 Å². The van der Waals surface area contributed by atoms with Crippen molar-refractivity contribution in [2.24, 2.45) is 0 Å². The number of hydrogen-bond acceptors (Lipinski definition) is 5. The topological polar surface area (TPSA) is 58.4 Å². The maximum atomic E-state index is 12.1. The summed E-state index contributed by atoms with van der Waals surface area (Å²) in [5.74, 6) is 0.0887. The molecule has 0 aliphatic carbocycles. The van der Waals surface area contributed by atoms with E-state index in [0.29, 0.717) is 13.1 Å². The zero-order chi connectivity index (χ0) is 12.3. The summed E-state index contributed by atoms with van der Waals surface area (Å²) in [6.07, 6.45) is 3.69. The molecule has 0 saturated carbocycles. The van der Waals surface area contributed by atoms with Gasteiger partial charge in [-0.2, -0.15) is 5.10 Å². The van der Waals surface area contributed by atoms with Crippen molar-refractivity contribution in [1.29, 1.82) is 0 Å². The highest BCUT2D eigenvalue weighted by atomic mass is 127. The van der Waals surface area contributed by atoms with E-state index < -0.39 is 0 Å². The Labute approximate surface area is 116 Å². The summed E-state index contributed by atoms with van der Waals surface area (Å²) >= 11 is 2.12. The Morgan fingerprint density at radius 1 is 1.71 bits per heavy atom. The fourth-order valence-electron chi connectivity index (χ4n) is 1.99. The number of nitrogens with zero attached hydrogens (tertiary/aromatic N) is 3. The molecular formula is C10H14IN3O2S.